The van der Waals surface area contributed by atoms with Gasteiger partial charge in [0.1, 0.15) is 0 Å². The Labute approximate surface area is 110 Å². The first-order valence-corrected chi connectivity index (χ1v) is 7.45. The summed E-state index contributed by atoms with van der Waals surface area (Å²) in [4.78, 5) is 11.0. The molecule has 0 saturated heterocycles. The third-order valence-corrected chi connectivity index (χ3v) is 3.71. The summed E-state index contributed by atoms with van der Waals surface area (Å²) in [5.74, 6) is 1.76. The maximum Gasteiger partial charge on any atom is 0.306 e. The molecule has 1 atom stereocenters. The van der Waals surface area contributed by atoms with Gasteiger partial charge in [-0.15, -0.1) is 0 Å². The SMILES string of the molecule is CCCNC(CSCCC(=O)OC)C(C)(C)C. The number of hydrogen-bond donors (Lipinski definition) is 1. The molecule has 0 aliphatic rings. The fraction of sp³-hybridized carbons (Fsp3) is 0.923. The second-order valence-corrected chi connectivity index (χ2v) is 6.42. The van der Waals surface area contributed by atoms with Gasteiger partial charge < -0.3 is 10.1 Å². The maximum atomic E-state index is 11.0. The van der Waals surface area contributed by atoms with Crippen LogP contribution in [0.4, 0.5) is 0 Å². The smallest absolute Gasteiger partial charge is 0.306 e. The number of hydrogen-bond acceptors (Lipinski definition) is 4. The first-order valence-electron chi connectivity index (χ1n) is 6.29. The van der Waals surface area contributed by atoms with Crippen LogP contribution in [0.1, 0.15) is 40.5 Å². The summed E-state index contributed by atoms with van der Waals surface area (Å²) in [6.45, 7) is 9.99. The molecular formula is C13H27NO2S. The van der Waals surface area contributed by atoms with Crippen LogP contribution in [-0.4, -0.2) is 37.2 Å². The number of carbonyl (C=O) groups excluding carboxylic acids is 1. The number of carbonyl (C=O) groups is 1. The van der Waals surface area contributed by atoms with Crippen LogP contribution in [-0.2, 0) is 9.53 Å². The molecular weight excluding hydrogens is 234 g/mol. The van der Waals surface area contributed by atoms with Crippen LogP contribution in [0.3, 0.4) is 0 Å². The maximum absolute atomic E-state index is 11.0. The van der Waals surface area contributed by atoms with E-state index in [-0.39, 0.29) is 11.4 Å². The molecule has 3 nitrogen and oxygen atoms in total. The number of nitrogens with one attached hydrogen (secondary N) is 1. The van der Waals surface area contributed by atoms with Crippen molar-refractivity contribution in [2.75, 3.05) is 25.2 Å². The Morgan fingerprint density at radius 3 is 2.53 bits per heavy atom. The lowest BCUT2D eigenvalue weighted by Gasteiger charge is -2.31. The molecule has 0 radical (unpaired) electrons. The largest absolute Gasteiger partial charge is 0.469 e. The fourth-order valence-electron chi connectivity index (χ4n) is 1.39. The lowest BCUT2D eigenvalue weighted by molar-refractivity contribution is -0.140. The van der Waals surface area contributed by atoms with Crippen molar-refractivity contribution in [2.24, 2.45) is 5.41 Å². The second-order valence-electron chi connectivity index (χ2n) is 5.27. The van der Waals surface area contributed by atoms with Crippen LogP contribution in [0, 0.1) is 5.41 Å². The topological polar surface area (TPSA) is 38.3 Å². The molecule has 4 heteroatoms. The van der Waals surface area contributed by atoms with Gasteiger partial charge in [0.05, 0.1) is 13.5 Å². The Hall–Kier alpha value is -0.220. The van der Waals surface area contributed by atoms with Crippen molar-refractivity contribution in [1.29, 1.82) is 0 Å². The van der Waals surface area contributed by atoms with E-state index in [2.05, 4.69) is 37.7 Å². The second kappa shape index (κ2) is 8.81. The molecule has 0 rings (SSSR count). The fourth-order valence-corrected chi connectivity index (χ4v) is 2.72. The molecule has 0 bridgehead atoms. The van der Waals surface area contributed by atoms with E-state index in [0.29, 0.717) is 12.5 Å². The van der Waals surface area contributed by atoms with Crippen molar-refractivity contribution in [1.82, 2.24) is 5.32 Å². The first kappa shape index (κ1) is 16.8. The van der Waals surface area contributed by atoms with Crippen molar-refractivity contribution in [3.8, 4) is 0 Å². The zero-order valence-corrected chi connectivity index (χ0v) is 12.7. The molecule has 0 amide bonds. The van der Waals surface area contributed by atoms with Gasteiger partial charge in [-0.3, -0.25) is 4.79 Å². The van der Waals surface area contributed by atoms with Gasteiger partial charge in [-0.2, -0.15) is 11.8 Å². The Bertz CT molecular complexity index is 214. The highest BCUT2D eigenvalue weighted by Crippen LogP contribution is 2.22. The standard InChI is InChI=1S/C13H27NO2S/c1-6-8-14-11(13(2,3)4)10-17-9-7-12(15)16-5/h11,14H,6-10H2,1-5H3. The summed E-state index contributed by atoms with van der Waals surface area (Å²) in [7, 11) is 1.44. The molecule has 0 saturated carbocycles. The first-order chi connectivity index (χ1) is 7.91. The third-order valence-electron chi connectivity index (χ3n) is 2.65. The minimum absolute atomic E-state index is 0.119. The third kappa shape index (κ3) is 8.50. The van der Waals surface area contributed by atoms with Crippen molar-refractivity contribution in [2.45, 2.75) is 46.6 Å². The molecule has 0 aromatic carbocycles. The molecule has 0 fully saturated rings. The molecule has 1 unspecified atom stereocenters. The highest BCUT2D eigenvalue weighted by Gasteiger charge is 2.23. The Balaban J connectivity index is 3.88. The summed E-state index contributed by atoms with van der Waals surface area (Å²) in [6, 6.07) is 0.491. The minimum atomic E-state index is -0.119. The van der Waals surface area contributed by atoms with Crippen LogP contribution >= 0.6 is 11.8 Å². The van der Waals surface area contributed by atoms with E-state index in [1.54, 1.807) is 0 Å². The van der Waals surface area contributed by atoms with Crippen LogP contribution in [0.2, 0.25) is 0 Å². The van der Waals surface area contributed by atoms with E-state index in [1.165, 1.54) is 7.11 Å². The van der Waals surface area contributed by atoms with E-state index in [9.17, 15) is 4.79 Å². The van der Waals surface area contributed by atoms with E-state index in [0.717, 1.165) is 24.5 Å². The predicted molar refractivity (Wildman–Crippen MR) is 75.5 cm³/mol. The Kier molecular flexibility index (Phi) is 8.70. The van der Waals surface area contributed by atoms with Crippen LogP contribution in [0.15, 0.2) is 0 Å². The summed E-state index contributed by atoms with van der Waals surface area (Å²) in [5, 5.41) is 3.57. The van der Waals surface area contributed by atoms with E-state index in [4.69, 9.17) is 0 Å². The average Bonchev–Trinajstić information content (AvgIpc) is 2.25. The van der Waals surface area contributed by atoms with Gasteiger partial charge in [0.2, 0.25) is 0 Å². The molecule has 0 aliphatic carbocycles. The van der Waals surface area contributed by atoms with E-state index >= 15 is 0 Å². The van der Waals surface area contributed by atoms with Gasteiger partial charge in [-0.25, -0.2) is 0 Å². The quantitative estimate of drug-likeness (QED) is 0.538. The minimum Gasteiger partial charge on any atom is -0.469 e. The van der Waals surface area contributed by atoms with Crippen LogP contribution < -0.4 is 5.32 Å². The Morgan fingerprint density at radius 1 is 1.41 bits per heavy atom. The summed E-state index contributed by atoms with van der Waals surface area (Å²) in [6.07, 6.45) is 1.66. The molecule has 0 heterocycles. The van der Waals surface area contributed by atoms with Gasteiger partial charge in [-0.1, -0.05) is 27.7 Å². The van der Waals surface area contributed by atoms with Gasteiger partial charge >= 0.3 is 5.97 Å². The summed E-state index contributed by atoms with van der Waals surface area (Å²) < 4.78 is 4.62. The number of rotatable bonds is 8. The predicted octanol–water partition coefficient (Wildman–Crippen LogP) is 2.70. The molecule has 0 spiro atoms. The zero-order chi connectivity index (χ0) is 13.3. The molecule has 102 valence electrons. The van der Waals surface area contributed by atoms with Gasteiger partial charge in [-0.05, 0) is 18.4 Å². The number of esters is 1. The van der Waals surface area contributed by atoms with Gasteiger partial charge in [0.25, 0.3) is 0 Å². The monoisotopic (exact) mass is 261 g/mol. The van der Waals surface area contributed by atoms with Gasteiger partial charge in [0.15, 0.2) is 0 Å². The van der Waals surface area contributed by atoms with Crippen LogP contribution in [0.5, 0.6) is 0 Å². The van der Waals surface area contributed by atoms with Crippen molar-refractivity contribution >= 4 is 17.7 Å². The molecule has 0 aliphatic heterocycles. The normalized spacial score (nSPS) is 13.5. The van der Waals surface area contributed by atoms with Crippen molar-refractivity contribution in [3.05, 3.63) is 0 Å². The molecule has 17 heavy (non-hydrogen) atoms. The van der Waals surface area contributed by atoms with Crippen molar-refractivity contribution < 1.29 is 9.53 Å². The van der Waals surface area contributed by atoms with E-state index in [1.807, 2.05) is 11.8 Å². The lowest BCUT2D eigenvalue weighted by atomic mass is 9.88. The molecule has 0 aromatic heterocycles. The summed E-state index contributed by atoms with van der Waals surface area (Å²) >= 11 is 1.82. The van der Waals surface area contributed by atoms with Gasteiger partial charge in [0, 0.05) is 17.5 Å². The highest BCUT2D eigenvalue weighted by molar-refractivity contribution is 7.99. The average molecular weight is 261 g/mol. The van der Waals surface area contributed by atoms with Crippen molar-refractivity contribution in [3.63, 3.8) is 0 Å². The summed E-state index contributed by atoms with van der Waals surface area (Å²) in [5.41, 5.74) is 0.257. The zero-order valence-electron chi connectivity index (χ0n) is 11.8. The molecule has 1 N–H and O–H groups in total. The number of ether oxygens (including phenoxy) is 1. The highest BCUT2D eigenvalue weighted by atomic mass is 32.2. The van der Waals surface area contributed by atoms with Crippen LogP contribution in [0.25, 0.3) is 0 Å². The lowest BCUT2D eigenvalue weighted by Crippen LogP contribution is -2.42. The number of methoxy groups -OCH3 is 1. The molecule has 0 aromatic rings. The van der Waals surface area contributed by atoms with E-state index < -0.39 is 0 Å². The Morgan fingerprint density at radius 2 is 2.06 bits per heavy atom. The number of thioether (sulfide) groups is 1.